The molecule has 0 fully saturated rings. The van der Waals surface area contributed by atoms with Crippen molar-refractivity contribution >= 4 is 28.4 Å². The average molecular weight is 377 g/mol. The Hall–Kier alpha value is -0.430. The highest BCUT2D eigenvalue weighted by molar-refractivity contribution is 14.1. The van der Waals surface area contributed by atoms with Crippen molar-refractivity contribution in [3.63, 3.8) is 0 Å². The zero-order chi connectivity index (χ0) is 14.3. The molecule has 0 amide bonds. The lowest BCUT2D eigenvalue weighted by Gasteiger charge is -2.13. The van der Waals surface area contributed by atoms with Crippen LogP contribution in [-0.4, -0.2) is 29.7 Å². The number of nitrogens with one attached hydrogen (secondary N) is 1. The molecule has 19 heavy (non-hydrogen) atoms. The first-order valence-corrected chi connectivity index (χ1v) is 8.03. The molecule has 0 bridgehead atoms. The highest BCUT2D eigenvalue weighted by Crippen LogP contribution is 2.21. The van der Waals surface area contributed by atoms with Crippen molar-refractivity contribution < 1.29 is 4.74 Å². The number of nitrogens with zero attached hydrogens (tertiary/aromatic N) is 2. The van der Waals surface area contributed by atoms with E-state index in [1.54, 1.807) is 0 Å². The van der Waals surface area contributed by atoms with Crippen LogP contribution in [0.15, 0.2) is 0 Å². The third kappa shape index (κ3) is 5.60. The van der Waals surface area contributed by atoms with E-state index in [2.05, 4.69) is 58.6 Å². The lowest BCUT2D eigenvalue weighted by atomic mass is 10.1. The molecule has 0 aliphatic heterocycles. The summed E-state index contributed by atoms with van der Waals surface area (Å²) in [5.41, 5.74) is 1.15. The van der Waals surface area contributed by atoms with E-state index in [4.69, 9.17) is 4.74 Å². The van der Waals surface area contributed by atoms with Crippen LogP contribution in [0.25, 0.3) is 0 Å². The number of rotatable bonds is 8. The third-order valence-electron chi connectivity index (χ3n) is 2.59. The van der Waals surface area contributed by atoms with Gasteiger partial charge in [0.1, 0.15) is 11.6 Å². The number of anilines is 1. The van der Waals surface area contributed by atoms with Crippen LogP contribution >= 0.6 is 22.6 Å². The van der Waals surface area contributed by atoms with Crippen LogP contribution in [0.4, 0.5) is 5.82 Å². The highest BCUT2D eigenvalue weighted by Gasteiger charge is 2.13. The molecule has 0 saturated carbocycles. The highest BCUT2D eigenvalue weighted by atomic mass is 127. The predicted octanol–water partition coefficient (Wildman–Crippen LogP) is 3.29. The van der Waals surface area contributed by atoms with Crippen LogP contribution in [0, 0.1) is 9.49 Å². The number of hydrogen-bond donors (Lipinski definition) is 1. The maximum Gasteiger partial charge on any atom is 0.143 e. The van der Waals surface area contributed by atoms with Crippen molar-refractivity contribution in [2.75, 3.05) is 25.1 Å². The van der Waals surface area contributed by atoms with Crippen molar-refractivity contribution in [2.24, 2.45) is 5.92 Å². The molecule has 5 heteroatoms. The standard InChI is InChI=1S/C14H24IN3O/c1-5-16-14-13(15)11(9-10(3)4)17-12(18-14)7-8-19-6-2/h10H,5-9H2,1-4H3,(H,16,17,18). The fourth-order valence-corrected chi connectivity index (χ4v) is 2.42. The van der Waals surface area contributed by atoms with Crippen LogP contribution in [0.1, 0.15) is 39.2 Å². The Morgan fingerprint density at radius 1 is 1.26 bits per heavy atom. The predicted molar refractivity (Wildman–Crippen MR) is 87.7 cm³/mol. The van der Waals surface area contributed by atoms with Crippen LogP contribution in [0.3, 0.4) is 0 Å². The first-order chi connectivity index (χ1) is 9.08. The molecule has 0 aliphatic rings. The zero-order valence-corrected chi connectivity index (χ0v) is 14.5. The summed E-state index contributed by atoms with van der Waals surface area (Å²) in [5, 5.41) is 3.32. The summed E-state index contributed by atoms with van der Waals surface area (Å²) in [4.78, 5) is 9.28. The molecule has 1 aromatic rings. The van der Waals surface area contributed by atoms with E-state index in [0.717, 1.165) is 46.9 Å². The van der Waals surface area contributed by atoms with Crippen LogP contribution in [0.5, 0.6) is 0 Å². The normalized spacial score (nSPS) is 11.1. The van der Waals surface area contributed by atoms with E-state index in [1.165, 1.54) is 0 Å². The number of halogens is 1. The Kier molecular flexibility index (Phi) is 7.60. The number of ether oxygens (including phenoxy) is 1. The molecular formula is C14H24IN3O. The second kappa shape index (κ2) is 8.68. The maximum atomic E-state index is 5.39. The molecular weight excluding hydrogens is 353 g/mol. The molecule has 0 radical (unpaired) electrons. The molecule has 0 atom stereocenters. The number of hydrogen-bond acceptors (Lipinski definition) is 4. The van der Waals surface area contributed by atoms with Gasteiger partial charge >= 0.3 is 0 Å². The minimum absolute atomic E-state index is 0.595. The number of aromatic nitrogens is 2. The fourth-order valence-electron chi connectivity index (χ4n) is 1.77. The minimum Gasteiger partial charge on any atom is -0.381 e. The van der Waals surface area contributed by atoms with Gasteiger partial charge in [-0.05, 0) is 48.8 Å². The Morgan fingerprint density at radius 3 is 2.58 bits per heavy atom. The Labute approximate surface area is 129 Å². The van der Waals surface area contributed by atoms with Crippen molar-refractivity contribution in [1.82, 2.24) is 9.97 Å². The van der Waals surface area contributed by atoms with Gasteiger partial charge in [0.15, 0.2) is 0 Å². The Bertz CT molecular complexity index is 397. The third-order valence-corrected chi connectivity index (χ3v) is 3.72. The summed E-state index contributed by atoms with van der Waals surface area (Å²) < 4.78 is 6.53. The van der Waals surface area contributed by atoms with Gasteiger partial charge in [0.05, 0.1) is 15.9 Å². The Balaban J connectivity index is 2.93. The lowest BCUT2D eigenvalue weighted by Crippen LogP contribution is -2.12. The van der Waals surface area contributed by atoms with Gasteiger partial charge in [-0.25, -0.2) is 9.97 Å². The molecule has 108 valence electrons. The molecule has 0 aromatic carbocycles. The van der Waals surface area contributed by atoms with Crippen molar-refractivity contribution in [3.8, 4) is 0 Å². The van der Waals surface area contributed by atoms with Crippen molar-refractivity contribution in [3.05, 3.63) is 15.1 Å². The molecule has 0 spiro atoms. The zero-order valence-electron chi connectivity index (χ0n) is 12.3. The summed E-state index contributed by atoms with van der Waals surface area (Å²) in [6.07, 6.45) is 1.76. The van der Waals surface area contributed by atoms with E-state index < -0.39 is 0 Å². The molecule has 1 heterocycles. The summed E-state index contributed by atoms with van der Waals surface area (Å²) in [5.74, 6) is 2.43. The average Bonchev–Trinajstić information content (AvgIpc) is 2.35. The van der Waals surface area contributed by atoms with E-state index in [1.807, 2.05) is 6.92 Å². The molecule has 1 N–H and O–H groups in total. The largest absolute Gasteiger partial charge is 0.381 e. The second-order valence-corrected chi connectivity index (χ2v) is 5.90. The van der Waals surface area contributed by atoms with Crippen molar-refractivity contribution in [1.29, 1.82) is 0 Å². The van der Waals surface area contributed by atoms with Crippen LogP contribution < -0.4 is 5.32 Å². The molecule has 0 aliphatic carbocycles. The van der Waals surface area contributed by atoms with Gasteiger partial charge in [-0.3, -0.25) is 0 Å². The van der Waals surface area contributed by atoms with Gasteiger partial charge in [-0.15, -0.1) is 0 Å². The molecule has 0 unspecified atom stereocenters. The summed E-state index contributed by atoms with van der Waals surface area (Å²) >= 11 is 2.34. The van der Waals surface area contributed by atoms with E-state index >= 15 is 0 Å². The van der Waals surface area contributed by atoms with Crippen molar-refractivity contribution in [2.45, 2.75) is 40.5 Å². The van der Waals surface area contributed by atoms with Gasteiger partial charge in [0.25, 0.3) is 0 Å². The summed E-state index contributed by atoms with van der Waals surface area (Å²) in [7, 11) is 0. The maximum absolute atomic E-state index is 5.39. The quantitative estimate of drug-likeness (QED) is 0.558. The summed E-state index contributed by atoms with van der Waals surface area (Å²) in [6.45, 7) is 10.8. The fraction of sp³-hybridized carbons (Fsp3) is 0.714. The molecule has 0 saturated heterocycles. The van der Waals surface area contributed by atoms with E-state index in [0.29, 0.717) is 12.5 Å². The lowest BCUT2D eigenvalue weighted by molar-refractivity contribution is 0.149. The van der Waals surface area contributed by atoms with Crippen LogP contribution in [0.2, 0.25) is 0 Å². The van der Waals surface area contributed by atoms with Gasteiger partial charge in [-0.1, -0.05) is 13.8 Å². The van der Waals surface area contributed by atoms with E-state index in [-0.39, 0.29) is 0 Å². The second-order valence-electron chi connectivity index (χ2n) is 4.82. The smallest absolute Gasteiger partial charge is 0.143 e. The molecule has 1 aromatic heterocycles. The topological polar surface area (TPSA) is 47.0 Å². The first kappa shape index (κ1) is 16.6. The summed E-state index contributed by atoms with van der Waals surface area (Å²) in [6, 6.07) is 0. The molecule has 1 rings (SSSR count). The van der Waals surface area contributed by atoms with Gasteiger partial charge in [-0.2, -0.15) is 0 Å². The molecule has 4 nitrogen and oxygen atoms in total. The van der Waals surface area contributed by atoms with Crippen LogP contribution in [-0.2, 0) is 17.6 Å². The minimum atomic E-state index is 0.595. The van der Waals surface area contributed by atoms with E-state index in [9.17, 15) is 0 Å². The first-order valence-electron chi connectivity index (χ1n) is 6.95. The monoisotopic (exact) mass is 377 g/mol. The van der Waals surface area contributed by atoms with Gasteiger partial charge in [0, 0.05) is 19.6 Å². The Morgan fingerprint density at radius 2 is 2.00 bits per heavy atom. The van der Waals surface area contributed by atoms with Gasteiger partial charge < -0.3 is 10.1 Å². The van der Waals surface area contributed by atoms with Gasteiger partial charge in [0.2, 0.25) is 0 Å². The SMILES string of the molecule is CCNc1nc(CCOCC)nc(CC(C)C)c1I.